The van der Waals surface area contributed by atoms with Crippen LogP contribution in [0.4, 0.5) is 21.5 Å². The number of halogens is 2. The average molecular weight is 605 g/mol. The molecule has 10 nitrogen and oxygen atoms in total. The Kier molecular flexibility index (Phi) is 8.65. The van der Waals surface area contributed by atoms with Crippen molar-refractivity contribution in [2.24, 2.45) is 0 Å². The Hall–Kier alpha value is -4.48. The van der Waals surface area contributed by atoms with Gasteiger partial charge in [-0.3, -0.25) is 9.59 Å². The van der Waals surface area contributed by atoms with E-state index >= 15 is 0 Å². The Labute approximate surface area is 254 Å². The molecular formula is C31H34ClFN8O2. The number of carbonyl (C=O) groups excluding carboxylic acids is 2. The van der Waals surface area contributed by atoms with Crippen molar-refractivity contribution in [2.75, 3.05) is 63.3 Å². The lowest BCUT2D eigenvalue weighted by atomic mass is 10.1. The van der Waals surface area contributed by atoms with Gasteiger partial charge in [0.1, 0.15) is 0 Å². The molecule has 3 N–H and O–H groups in total. The molecule has 0 bridgehead atoms. The molecule has 2 heterocycles. The van der Waals surface area contributed by atoms with E-state index in [2.05, 4.69) is 32.5 Å². The third-order valence-electron chi connectivity index (χ3n) is 7.56. The van der Waals surface area contributed by atoms with Gasteiger partial charge in [-0.1, -0.05) is 28.9 Å². The van der Waals surface area contributed by atoms with Gasteiger partial charge in [-0.15, -0.1) is 5.10 Å². The molecule has 0 unspecified atom stereocenters. The summed E-state index contributed by atoms with van der Waals surface area (Å²) in [6.45, 7) is 4.82. The maximum Gasteiger partial charge on any atom is 0.257 e. The number of carbonyl (C=O) groups is 2. The highest BCUT2D eigenvalue weighted by molar-refractivity contribution is 6.35. The van der Waals surface area contributed by atoms with Gasteiger partial charge in [-0.25, -0.2) is 9.07 Å². The molecule has 43 heavy (non-hydrogen) atoms. The zero-order valence-corrected chi connectivity index (χ0v) is 25.3. The van der Waals surface area contributed by atoms with Gasteiger partial charge in [0.25, 0.3) is 11.8 Å². The number of nitrogens with two attached hydrogens (primary N) is 1. The summed E-state index contributed by atoms with van der Waals surface area (Å²) in [5.74, 6) is -1.19. The molecule has 4 aromatic rings. The van der Waals surface area contributed by atoms with Crippen LogP contribution in [0.2, 0.25) is 5.02 Å². The fourth-order valence-electron chi connectivity index (χ4n) is 4.98. The molecule has 1 aliphatic rings. The standard InChI is InChI=1S/C31H34ClFN8O2/c1-19-28(32)24(17-25(34)29(19)33)30(42)35-26-16-23(9-10-27(26)40-13-11-39(4)12-14-40)41-18-22(36-37-41)15-20-5-7-21(8-6-20)31(43)38(2)3/h5-10,16-18H,11-15,34H2,1-4H3,(H,35,42). The molecular weight excluding hydrogens is 571 g/mol. The van der Waals surface area contributed by atoms with E-state index in [0.717, 1.165) is 43.1 Å². The van der Waals surface area contributed by atoms with Gasteiger partial charge in [-0.2, -0.15) is 0 Å². The molecule has 0 atom stereocenters. The van der Waals surface area contributed by atoms with Crippen LogP contribution in [0, 0.1) is 12.7 Å². The van der Waals surface area contributed by atoms with Crippen LogP contribution >= 0.6 is 11.6 Å². The number of nitrogens with zero attached hydrogens (tertiary/aromatic N) is 6. The fraction of sp³-hybridized carbons (Fsp3) is 0.290. The van der Waals surface area contributed by atoms with Crippen molar-refractivity contribution in [3.8, 4) is 5.69 Å². The number of rotatable bonds is 7. The lowest BCUT2D eigenvalue weighted by Crippen LogP contribution is -2.44. The molecule has 1 aliphatic heterocycles. The van der Waals surface area contributed by atoms with Crippen molar-refractivity contribution < 1.29 is 14.0 Å². The Morgan fingerprint density at radius 3 is 2.44 bits per heavy atom. The highest BCUT2D eigenvalue weighted by Gasteiger charge is 2.22. The first-order valence-corrected chi connectivity index (χ1v) is 14.2. The summed E-state index contributed by atoms with van der Waals surface area (Å²) in [6.07, 6.45) is 2.36. The molecule has 2 amide bonds. The molecule has 1 fully saturated rings. The van der Waals surface area contributed by atoms with Gasteiger partial charge in [0.2, 0.25) is 0 Å². The van der Waals surface area contributed by atoms with Crippen LogP contribution in [-0.2, 0) is 6.42 Å². The smallest absolute Gasteiger partial charge is 0.257 e. The predicted molar refractivity (Wildman–Crippen MR) is 167 cm³/mol. The Morgan fingerprint density at radius 1 is 1.07 bits per heavy atom. The molecule has 5 rings (SSSR count). The van der Waals surface area contributed by atoms with Crippen LogP contribution in [-0.4, -0.2) is 83.9 Å². The van der Waals surface area contributed by atoms with Crippen LogP contribution in [0.25, 0.3) is 5.69 Å². The first kappa shape index (κ1) is 30.0. The SMILES string of the molecule is Cc1c(F)c(N)cc(C(=O)Nc2cc(-n3cc(Cc4ccc(C(=O)N(C)C)cc4)nn3)ccc2N2CCN(C)CC2)c1Cl. The number of hydrogen-bond donors (Lipinski definition) is 2. The lowest BCUT2D eigenvalue weighted by molar-refractivity contribution is 0.0827. The Morgan fingerprint density at radius 2 is 1.77 bits per heavy atom. The van der Waals surface area contributed by atoms with Gasteiger partial charge in [-0.05, 0) is 55.9 Å². The van der Waals surface area contributed by atoms with Crippen molar-refractivity contribution in [1.29, 1.82) is 0 Å². The second-order valence-electron chi connectivity index (χ2n) is 10.9. The molecule has 12 heteroatoms. The van der Waals surface area contributed by atoms with E-state index in [0.29, 0.717) is 23.4 Å². The highest BCUT2D eigenvalue weighted by Crippen LogP contribution is 2.32. The molecule has 0 radical (unpaired) electrons. The monoisotopic (exact) mass is 604 g/mol. The topological polar surface area (TPSA) is 113 Å². The van der Waals surface area contributed by atoms with E-state index in [4.69, 9.17) is 17.3 Å². The normalized spacial score (nSPS) is 13.7. The minimum atomic E-state index is -0.637. The maximum absolute atomic E-state index is 14.3. The molecule has 224 valence electrons. The highest BCUT2D eigenvalue weighted by atomic mass is 35.5. The molecule has 1 saturated heterocycles. The van der Waals surface area contributed by atoms with Crippen LogP contribution in [0.1, 0.15) is 37.5 Å². The number of likely N-dealkylation sites (N-methyl/N-ethyl adjacent to an activating group) is 1. The number of benzene rings is 3. The second kappa shape index (κ2) is 12.4. The summed E-state index contributed by atoms with van der Waals surface area (Å²) in [6, 6.07) is 14.4. The first-order valence-electron chi connectivity index (χ1n) is 13.9. The average Bonchev–Trinajstić information content (AvgIpc) is 3.46. The summed E-state index contributed by atoms with van der Waals surface area (Å²) in [7, 11) is 5.52. The van der Waals surface area contributed by atoms with Crippen LogP contribution < -0.4 is 16.0 Å². The summed E-state index contributed by atoms with van der Waals surface area (Å²) in [4.78, 5) is 31.6. The Bertz CT molecular complexity index is 1660. The third-order valence-corrected chi connectivity index (χ3v) is 8.05. The van der Waals surface area contributed by atoms with E-state index < -0.39 is 11.7 Å². The van der Waals surface area contributed by atoms with E-state index in [-0.39, 0.29) is 27.7 Å². The molecule has 1 aromatic heterocycles. The molecule has 0 aliphatic carbocycles. The minimum absolute atomic E-state index is 0.0153. The summed E-state index contributed by atoms with van der Waals surface area (Å²) >= 11 is 6.36. The number of amides is 2. The molecule has 3 aromatic carbocycles. The van der Waals surface area contributed by atoms with Crippen molar-refractivity contribution in [2.45, 2.75) is 13.3 Å². The maximum atomic E-state index is 14.3. The van der Waals surface area contributed by atoms with Gasteiger partial charge >= 0.3 is 0 Å². The summed E-state index contributed by atoms with van der Waals surface area (Å²) in [5.41, 5.74) is 10.3. The number of hydrogen-bond acceptors (Lipinski definition) is 7. The van der Waals surface area contributed by atoms with Crippen molar-refractivity contribution in [3.05, 3.63) is 93.5 Å². The number of nitrogens with one attached hydrogen (secondary N) is 1. The number of anilines is 3. The van der Waals surface area contributed by atoms with E-state index in [1.165, 1.54) is 17.9 Å². The van der Waals surface area contributed by atoms with Gasteiger partial charge in [0, 0.05) is 57.8 Å². The fourth-order valence-corrected chi connectivity index (χ4v) is 5.20. The first-order chi connectivity index (χ1) is 20.5. The van der Waals surface area contributed by atoms with Crippen LogP contribution in [0.5, 0.6) is 0 Å². The molecule has 0 spiro atoms. The van der Waals surface area contributed by atoms with Gasteiger partial charge in [0.05, 0.1) is 45.2 Å². The largest absolute Gasteiger partial charge is 0.396 e. The summed E-state index contributed by atoms with van der Waals surface area (Å²) < 4.78 is 15.9. The van der Waals surface area contributed by atoms with Crippen LogP contribution in [0.3, 0.4) is 0 Å². The Balaban J connectivity index is 1.42. The zero-order chi connectivity index (χ0) is 30.8. The lowest BCUT2D eigenvalue weighted by Gasteiger charge is -2.35. The predicted octanol–water partition coefficient (Wildman–Crippen LogP) is 4.25. The minimum Gasteiger partial charge on any atom is -0.396 e. The van der Waals surface area contributed by atoms with Gasteiger partial charge in [0.15, 0.2) is 5.82 Å². The van der Waals surface area contributed by atoms with E-state index in [9.17, 15) is 14.0 Å². The number of nitrogen functional groups attached to an aromatic ring is 1. The molecule has 0 saturated carbocycles. The quantitative estimate of drug-likeness (QED) is 0.303. The van der Waals surface area contributed by atoms with Crippen molar-refractivity contribution in [1.82, 2.24) is 24.8 Å². The summed E-state index contributed by atoms with van der Waals surface area (Å²) in [5, 5.41) is 11.7. The number of piperazine rings is 1. The van der Waals surface area contributed by atoms with Crippen molar-refractivity contribution >= 4 is 40.5 Å². The van der Waals surface area contributed by atoms with Gasteiger partial charge < -0.3 is 25.8 Å². The van der Waals surface area contributed by atoms with E-state index in [1.807, 2.05) is 36.5 Å². The zero-order valence-electron chi connectivity index (χ0n) is 24.6. The van der Waals surface area contributed by atoms with E-state index in [1.54, 1.807) is 30.9 Å². The van der Waals surface area contributed by atoms with Crippen molar-refractivity contribution in [3.63, 3.8) is 0 Å². The number of aromatic nitrogens is 3. The van der Waals surface area contributed by atoms with Crippen LogP contribution in [0.15, 0.2) is 54.7 Å². The second-order valence-corrected chi connectivity index (χ2v) is 11.3. The third kappa shape index (κ3) is 6.47.